The van der Waals surface area contributed by atoms with Gasteiger partial charge in [-0.15, -0.1) is 10.2 Å². The van der Waals surface area contributed by atoms with E-state index in [2.05, 4.69) is 20.9 Å². The van der Waals surface area contributed by atoms with Gasteiger partial charge in [-0.1, -0.05) is 54.6 Å². The third kappa shape index (κ3) is 6.19. The van der Waals surface area contributed by atoms with Crippen molar-refractivity contribution in [1.29, 1.82) is 0 Å². The fourth-order valence-corrected chi connectivity index (χ4v) is 4.12. The lowest BCUT2D eigenvalue weighted by Crippen LogP contribution is -2.53. The molecule has 10 heteroatoms. The summed E-state index contributed by atoms with van der Waals surface area (Å²) in [5.41, 5.74) is 6.61. The first kappa shape index (κ1) is 27.2. The predicted molar refractivity (Wildman–Crippen MR) is 148 cm³/mol. The van der Waals surface area contributed by atoms with Crippen LogP contribution in [0.15, 0.2) is 83.0 Å². The first-order valence-corrected chi connectivity index (χ1v) is 12.4. The number of rotatable bonds is 8. The number of aromatic hydroxyl groups is 2. The minimum atomic E-state index is -1.06. The Kier molecular flexibility index (Phi) is 8.16. The standard InChI is InChI=1S/C29H29N5O5/c1-16(30)27(37)31-17(2)28(38)32-24(14-18-8-4-3-5-9-18)29(39)34-33-19-12-13-22-23(15-19)26(36)21-11-7-6-10-20(21)25(22)35/h3-13,15-17,24,35-36H,14,30H2,1-2H3,(H,31,37)(H,32,38)/t16-,17?,24+/m0/s1. The molecule has 39 heavy (non-hydrogen) atoms. The molecule has 1 unspecified atom stereocenters. The molecule has 0 saturated carbocycles. The highest BCUT2D eigenvalue weighted by atomic mass is 16.3. The first-order valence-electron chi connectivity index (χ1n) is 12.4. The van der Waals surface area contributed by atoms with Gasteiger partial charge in [0.1, 0.15) is 23.6 Å². The maximum absolute atomic E-state index is 13.1. The summed E-state index contributed by atoms with van der Waals surface area (Å²) in [4.78, 5) is 37.7. The number of carbonyl (C=O) groups excluding carboxylic acids is 3. The third-order valence-corrected chi connectivity index (χ3v) is 6.28. The van der Waals surface area contributed by atoms with Gasteiger partial charge in [-0.3, -0.25) is 14.4 Å². The maximum Gasteiger partial charge on any atom is 0.287 e. The van der Waals surface area contributed by atoms with Crippen molar-refractivity contribution >= 4 is 45.0 Å². The highest BCUT2D eigenvalue weighted by Gasteiger charge is 2.25. The van der Waals surface area contributed by atoms with Crippen LogP contribution in [0.5, 0.6) is 11.5 Å². The van der Waals surface area contributed by atoms with Crippen molar-refractivity contribution in [2.45, 2.75) is 38.4 Å². The maximum atomic E-state index is 13.1. The second kappa shape index (κ2) is 11.7. The van der Waals surface area contributed by atoms with Crippen molar-refractivity contribution in [3.8, 4) is 11.5 Å². The average Bonchev–Trinajstić information content (AvgIpc) is 2.94. The zero-order chi connectivity index (χ0) is 28.1. The summed E-state index contributed by atoms with van der Waals surface area (Å²) in [6.07, 6.45) is 0.150. The summed E-state index contributed by atoms with van der Waals surface area (Å²) in [7, 11) is 0. The number of azo groups is 1. The number of nitrogens with zero attached hydrogens (tertiary/aromatic N) is 2. The van der Waals surface area contributed by atoms with E-state index in [1.54, 1.807) is 36.4 Å². The monoisotopic (exact) mass is 527 g/mol. The van der Waals surface area contributed by atoms with Crippen LogP contribution in [-0.2, 0) is 20.8 Å². The highest BCUT2D eigenvalue weighted by molar-refractivity contribution is 6.11. The number of nitrogens with one attached hydrogen (secondary N) is 2. The summed E-state index contributed by atoms with van der Waals surface area (Å²) in [6.45, 7) is 2.99. The SMILES string of the molecule is CC(NC(=O)[C@H](C)N)C(=O)N[C@H](Cc1ccccc1)C(=O)N=Nc1ccc2c(O)c3ccccc3c(O)c2c1. The molecular formula is C29H29N5O5. The summed E-state index contributed by atoms with van der Waals surface area (Å²) in [6, 6.07) is 17.9. The van der Waals surface area contributed by atoms with Gasteiger partial charge in [0.05, 0.1) is 11.7 Å². The van der Waals surface area contributed by atoms with Gasteiger partial charge in [0.15, 0.2) is 0 Å². The smallest absolute Gasteiger partial charge is 0.287 e. The van der Waals surface area contributed by atoms with Crippen LogP contribution in [0.2, 0.25) is 0 Å². The molecule has 0 saturated heterocycles. The first-order chi connectivity index (χ1) is 18.7. The van der Waals surface area contributed by atoms with Crippen LogP contribution < -0.4 is 16.4 Å². The predicted octanol–water partition coefficient (Wildman–Crippen LogP) is 3.59. The molecule has 0 aliphatic rings. The van der Waals surface area contributed by atoms with E-state index in [-0.39, 0.29) is 23.6 Å². The van der Waals surface area contributed by atoms with Crippen molar-refractivity contribution in [3.05, 3.63) is 78.4 Å². The Bertz CT molecular complexity index is 1570. The Balaban J connectivity index is 1.59. The van der Waals surface area contributed by atoms with Crippen LogP contribution in [0.4, 0.5) is 5.69 Å². The van der Waals surface area contributed by atoms with Gasteiger partial charge in [0.2, 0.25) is 11.8 Å². The summed E-state index contributed by atoms with van der Waals surface area (Å²) >= 11 is 0. The normalized spacial score (nSPS) is 13.7. The van der Waals surface area contributed by atoms with E-state index in [4.69, 9.17) is 5.73 Å². The van der Waals surface area contributed by atoms with Crippen LogP contribution in [0.25, 0.3) is 21.5 Å². The Morgan fingerprint density at radius 3 is 2.03 bits per heavy atom. The highest BCUT2D eigenvalue weighted by Crippen LogP contribution is 2.42. The van der Waals surface area contributed by atoms with Gasteiger partial charge in [-0.2, -0.15) is 0 Å². The van der Waals surface area contributed by atoms with Gasteiger partial charge in [0, 0.05) is 28.0 Å². The van der Waals surface area contributed by atoms with Crippen LogP contribution in [0.3, 0.4) is 0 Å². The van der Waals surface area contributed by atoms with Gasteiger partial charge in [-0.05, 0) is 37.6 Å². The number of hydrogen-bond acceptors (Lipinski definition) is 7. The summed E-state index contributed by atoms with van der Waals surface area (Å²) < 4.78 is 0. The van der Waals surface area contributed by atoms with Crippen LogP contribution >= 0.6 is 0 Å². The molecule has 3 atom stereocenters. The lowest BCUT2D eigenvalue weighted by Gasteiger charge is -2.20. The molecule has 0 aliphatic heterocycles. The van der Waals surface area contributed by atoms with Crippen LogP contribution in [-0.4, -0.2) is 46.1 Å². The lowest BCUT2D eigenvalue weighted by molar-refractivity contribution is -0.131. The number of fused-ring (bicyclic) bond motifs is 2. The number of phenols is 2. The molecular weight excluding hydrogens is 498 g/mol. The average molecular weight is 528 g/mol. The molecule has 0 aliphatic carbocycles. The molecule has 0 heterocycles. The third-order valence-electron chi connectivity index (χ3n) is 6.28. The van der Waals surface area contributed by atoms with Crippen LogP contribution in [0, 0.1) is 0 Å². The molecule has 0 radical (unpaired) electrons. The molecule has 0 aromatic heterocycles. The number of hydrogen-bond donors (Lipinski definition) is 5. The van der Waals surface area contributed by atoms with E-state index in [9.17, 15) is 24.6 Å². The summed E-state index contributed by atoms with van der Waals surface area (Å²) in [5, 5.41) is 36.3. The molecule has 4 aromatic carbocycles. The molecule has 4 aromatic rings. The molecule has 10 nitrogen and oxygen atoms in total. The molecule has 6 N–H and O–H groups in total. The number of nitrogens with two attached hydrogens (primary N) is 1. The lowest BCUT2D eigenvalue weighted by atomic mass is 10.0. The Morgan fingerprint density at radius 2 is 1.38 bits per heavy atom. The van der Waals surface area contributed by atoms with Crippen molar-refractivity contribution in [2.24, 2.45) is 16.0 Å². The molecule has 4 rings (SSSR count). The van der Waals surface area contributed by atoms with Gasteiger partial charge >= 0.3 is 0 Å². The molecule has 0 spiro atoms. The minimum absolute atomic E-state index is 0.0221. The van der Waals surface area contributed by atoms with E-state index < -0.39 is 35.8 Å². The van der Waals surface area contributed by atoms with E-state index in [1.165, 1.54) is 19.9 Å². The van der Waals surface area contributed by atoms with Crippen molar-refractivity contribution in [3.63, 3.8) is 0 Å². The quantitative estimate of drug-likeness (QED) is 0.133. The Hall–Kier alpha value is -4.83. The molecule has 0 fully saturated rings. The molecule has 200 valence electrons. The molecule has 0 bridgehead atoms. The fraction of sp³-hybridized carbons (Fsp3) is 0.207. The van der Waals surface area contributed by atoms with Gasteiger partial charge < -0.3 is 26.6 Å². The second-order valence-corrected chi connectivity index (χ2v) is 9.28. The minimum Gasteiger partial charge on any atom is -0.507 e. The van der Waals surface area contributed by atoms with E-state index >= 15 is 0 Å². The van der Waals surface area contributed by atoms with E-state index in [1.807, 2.05) is 30.3 Å². The van der Waals surface area contributed by atoms with Crippen molar-refractivity contribution < 1.29 is 24.6 Å². The zero-order valence-electron chi connectivity index (χ0n) is 21.5. The van der Waals surface area contributed by atoms with Gasteiger partial charge in [0.25, 0.3) is 5.91 Å². The van der Waals surface area contributed by atoms with E-state index in [0.717, 1.165) is 5.56 Å². The number of phenolic OH excluding ortho intramolecular Hbond substituents is 2. The largest absolute Gasteiger partial charge is 0.507 e. The Morgan fingerprint density at radius 1 is 0.795 bits per heavy atom. The van der Waals surface area contributed by atoms with Crippen LogP contribution in [0.1, 0.15) is 19.4 Å². The zero-order valence-corrected chi connectivity index (χ0v) is 21.5. The second-order valence-electron chi connectivity index (χ2n) is 9.28. The van der Waals surface area contributed by atoms with Gasteiger partial charge in [-0.25, -0.2) is 0 Å². The van der Waals surface area contributed by atoms with E-state index in [0.29, 0.717) is 21.5 Å². The number of carbonyl (C=O) groups is 3. The number of amides is 3. The summed E-state index contributed by atoms with van der Waals surface area (Å²) in [5.74, 6) is -1.79. The topological polar surface area (TPSA) is 166 Å². The van der Waals surface area contributed by atoms with Crippen molar-refractivity contribution in [2.75, 3.05) is 0 Å². The molecule has 3 amide bonds. The number of benzene rings is 4. The Labute approximate surface area is 224 Å². The fourth-order valence-electron chi connectivity index (χ4n) is 4.12. The van der Waals surface area contributed by atoms with Crippen molar-refractivity contribution in [1.82, 2.24) is 10.6 Å².